The Kier molecular flexibility index (Phi) is 3.32. The maximum atomic E-state index is 12.8. The Balaban J connectivity index is 2.33. The Labute approximate surface area is 94.9 Å². The molecule has 0 unspecified atom stereocenters. The van der Waals surface area contributed by atoms with Crippen LogP contribution in [0.15, 0.2) is 54.6 Å². The summed E-state index contributed by atoms with van der Waals surface area (Å²) in [4.78, 5) is 0. The van der Waals surface area contributed by atoms with E-state index in [0.717, 1.165) is 5.56 Å². The molecule has 1 atom stereocenters. The minimum atomic E-state index is -0.202. The molecular formula is C14H14FN. The summed E-state index contributed by atoms with van der Waals surface area (Å²) in [6.45, 7) is 0. The standard InChI is InChI=1S/C14H14FN/c1-16-14(11-5-3-2-4-6-11)12-7-9-13(15)10-8-12/h2-10,14,16H,1H3/t14-/m1/s1. The van der Waals surface area contributed by atoms with Crippen LogP contribution in [0.5, 0.6) is 0 Å². The Morgan fingerprint density at radius 2 is 1.44 bits per heavy atom. The lowest BCUT2D eigenvalue weighted by molar-refractivity contribution is 0.623. The van der Waals surface area contributed by atoms with Crippen LogP contribution in [0.3, 0.4) is 0 Å². The minimum Gasteiger partial charge on any atom is -0.309 e. The summed E-state index contributed by atoms with van der Waals surface area (Å²) in [6, 6.07) is 16.8. The molecule has 2 heteroatoms. The van der Waals surface area contributed by atoms with Crippen LogP contribution in [-0.2, 0) is 0 Å². The molecule has 0 amide bonds. The van der Waals surface area contributed by atoms with Crippen LogP contribution < -0.4 is 5.32 Å². The van der Waals surface area contributed by atoms with Crippen molar-refractivity contribution in [3.05, 3.63) is 71.5 Å². The molecule has 0 aliphatic heterocycles. The molecular weight excluding hydrogens is 201 g/mol. The highest BCUT2D eigenvalue weighted by Gasteiger charge is 2.10. The van der Waals surface area contributed by atoms with Crippen molar-refractivity contribution in [3.63, 3.8) is 0 Å². The summed E-state index contributed by atoms with van der Waals surface area (Å²) in [5.41, 5.74) is 2.24. The van der Waals surface area contributed by atoms with Crippen LogP contribution in [0.1, 0.15) is 17.2 Å². The molecule has 0 radical (unpaired) electrons. The van der Waals surface area contributed by atoms with Gasteiger partial charge < -0.3 is 5.32 Å². The molecule has 0 fully saturated rings. The molecule has 0 saturated heterocycles. The van der Waals surface area contributed by atoms with Crippen molar-refractivity contribution in [2.24, 2.45) is 0 Å². The second kappa shape index (κ2) is 4.90. The number of hydrogen-bond acceptors (Lipinski definition) is 1. The highest BCUT2D eigenvalue weighted by molar-refractivity contribution is 5.31. The van der Waals surface area contributed by atoms with E-state index in [1.165, 1.54) is 17.7 Å². The quantitative estimate of drug-likeness (QED) is 0.829. The molecule has 2 aromatic carbocycles. The molecule has 2 rings (SSSR count). The molecule has 0 aromatic heterocycles. The van der Waals surface area contributed by atoms with Gasteiger partial charge in [-0.25, -0.2) is 4.39 Å². The summed E-state index contributed by atoms with van der Waals surface area (Å²) in [5.74, 6) is -0.202. The second-order valence-electron chi connectivity index (χ2n) is 3.68. The van der Waals surface area contributed by atoms with Gasteiger partial charge >= 0.3 is 0 Å². The molecule has 0 spiro atoms. The van der Waals surface area contributed by atoms with Crippen LogP contribution in [0.25, 0.3) is 0 Å². The number of hydrogen-bond donors (Lipinski definition) is 1. The van der Waals surface area contributed by atoms with Crippen molar-refractivity contribution in [2.45, 2.75) is 6.04 Å². The molecule has 1 nitrogen and oxygen atoms in total. The van der Waals surface area contributed by atoms with Gasteiger partial charge in [-0.05, 0) is 30.3 Å². The van der Waals surface area contributed by atoms with Crippen LogP contribution in [0.2, 0.25) is 0 Å². The van der Waals surface area contributed by atoms with Crippen LogP contribution in [0.4, 0.5) is 4.39 Å². The SMILES string of the molecule is CN[C@H](c1ccccc1)c1ccc(F)cc1. The Hall–Kier alpha value is -1.67. The van der Waals surface area contributed by atoms with Crippen molar-refractivity contribution in [1.29, 1.82) is 0 Å². The molecule has 16 heavy (non-hydrogen) atoms. The monoisotopic (exact) mass is 215 g/mol. The van der Waals surface area contributed by atoms with Crippen LogP contribution in [-0.4, -0.2) is 7.05 Å². The number of halogens is 1. The Morgan fingerprint density at radius 3 is 2.00 bits per heavy atom. The normalized spacial score (nSPS) is 12.4. The summed E-state index contributed by atoms with van der Waals surface area (Å²) in [6.07, 6.45) is 0. The summed E-state index contributed by atoms with van der Waals surface area (Å²) in [7, 11) is 1.90. The maximum Gasteiger partial charge on any atom is 0.123 e. The third-order valence-electron chi connectivity index (χ3n) is 2.62. The fourth-order valence-electron chi connectivity index (χ4n) is 1.83. The first-order valence-electron chi connectivity index (χ1n) is 5.29. The second-order valence-corrected chi connectivity index (χ2v) is 3.68. The van der Waals surface area contributed by atoms with E-state index >= 15 is 0 Å². The van der Waals surface area contributed by atoms with Gasteiger partial charge in [-0.2, -0.15) is 0 Å². The molecule has 0 aliphatic carbocycles. The third-order valence-corrected chi connectivity index (χ3v) is 2.62. The topological polar surface area (TPSA) is 12.0 Å². The van der Waals surface area contributed by atoms with Crippen LogP contribution >= 0.6 is 0 Å². The van der Waals surface area contributed by atoms with Gasteiger partial charge in [-0.15, -0.1) is 0 Å². The highest BCUT2D eigenvalue weighted by atomic mass is 19.1. The molecule has 82 valence electrons. The Bertz CT molecular complexity index is 436. The van der Waals surface area contributed by atoms with Crippen molar-refractivity contribution < 1.29 is 4.39 Å². The van der Waals surface area contributed by atoms with E-state index in [1.807, 2.05) is 37.4 Å². The molecule has 1 N–H and O–H groups in total. The zero-order valence-corrected chi connectivity index (χ0v) is 9.15. The number of benzene rings is 2. The lowest BCUT2D eigenvalue weighted by Gasteiger charge is -2.16. The van der Waals surface area contributed by atoms with E-state index in [-0.39, 0.29) is 11.9 Å². The van der Waals surface area contributed by atoms with Gasteiger partial charge in [-0.3, -0.25) is 0 Å². The summed E-state index contributed by atoms with van der Waals surface area (Å²) >= 11 is 0. The van der Waals surface area contributed by atoms with Crippen LogP contribution in [0, 0.1) is 5.82 Å². The number of rotatable bonds is 3. The predicted octanol–water partition coefficient (Wildman–Crippen LogP) is 3.13. The van der Waals surface area contributed by atoms with Crippen molar-refractivity contribution >= 4 is 0 Å². The fraction of sp³-hybridized carbons (Fsp3) is 0.143. The van der Waals surface area contributed by atoms with Gasteiger partial charge in [0.05, 0.1) is 6.04 Å². The smallest absolute Gasteiger partial charge is 0.123 e. The van der Waals surface area contributed by atoms with E-state index in [1.54, 1.807) is 0 Å². The summed E-state index contributed by atoms with van der Waals surface area (Å²) < 4.78 is 12.8. The van der Waals surface area contributed by atoms with Gasteiger partial charge in [0.15, 0.2) is 0 Å². The van der Waals surface area contributed by atoms with Crippen molar-refractivity contribution in [3.8, 4) is 0 Å². The molecule has 0 heterocycles. The Morgan fingerprint density at radius 1 is 0.875 bits per heavy atom. The van der Waals surface area contributed by atoms with Gasteiger partial charge in [0, 0.05) is 0 Å². The van der Waals surface area contributed by atoms with Gasteiger partial charge in [0.1, 0.15) is 5.82 Å². The average molecular weight is 215 g/mol. The van der Waals surface area contributed by atoms with E-state index < -0.39 is 0 Å². The van der Waals surface area contributed by atoms with Crippen molar-refractivity contribution in [2.75, 3.05) is 7.05 Å². The fourth-order valence-corrected chi connectivity index (χ4v) is 1.83. The molecule has 0 bridgehead atoms. The third kappa shape index (κ3) is 2.28. The predicted molar refractivity (Wildman–Crippen MR) is 63.7 cm³/mol. The largest absolute Gasteiger partial charge is 0.309 e. The minimum absolute atomic E-state index is 0.113. The van der Waals surface area contributed by atoms with Gasteiger partial charge in [0.25, 0.3) is 0 Å². The van der Waals surface area contributed by atoms with E-state index in [2.05, 4.69) is 17.4 Å². The number of nitrogens with one attached hydrogen (secondary N) is 1. The average Bonchev–Trinajstić information content (AvgIpc) is 2.34. The van der Waals surface area contributed by atoms with E-state index in [0.29, 0.717) is 0 Å². The molecule has 0 aliphatic rings. The first-order valence-corrected chi connectivity index (χ1v) is 5.29. The zero-order chi connectivity index (χ0) is 11.4. The van der Waals surface area contributed by atoms with E-state index in [4.69, 9.17) is 0 Å². The summed E-state index contributed by atoms with van der Waals surface area (Å²) in [5, 5.41) is 3.23. The lowest BCUT2D eigenvalue weighted by Crippen LogP contribution is -2.17. The maximum absolute atomic E-state index is 12.8. The first kappa shape index (κ1) is 10.8. The van der Waals surface area contributed by atoms with Crippen molar-refractivity contribution in [1.82, 2.24) is 5.32 Å². The lowest BCUT2D eigenvalue weighted by atomic mass is 9.99. The van der Waals surface area contributed by atoms with E-state index in [9.17, 15) is 4.39 Å². The highest BCUT2D eigenvalue weighted by Crippen LogP contribution is 2.21. The molecule has 2 aromatic rings. The van der Waals surface area contributed by atoms with Gasteiger partial charge in [0.2, 0.25) is 0 Å². The first-order chi connectivity index (χ1) is 7.81. The van der Waals surface area contributed by atoms with Gasteiger partial charge in [-0.1, -0.05) is 42.5 Å². The molecule has 0 saturated carbocycles. The zero-order valence-electron chi connectivity index (χ0n) is 9.15.